The standard InChI is InChI=1S/C32H27N3OS/c1-20(2)34-19-23(24-13-8-9-15-27(24)34)18-28-31(36)35-30(22-11-4-3-5-12-22)26-17-16-21-10-6-7-14-25(21)29(26)33-32(35)37-28/h3-15,18-20,30H,16-17H2,1-2H3/b28-18-/t30-/m1/s1. The van der Waals surface area contributed by atoms with E-state index in [0.717, 1.165) is 44.4 Å². The summed E-state index contributed by atoms with van der Waals surface area (Å²) < 4.78 is 4.93. The van der Waals surface area contributed by atoms with Crippen molar-refractivity contribution in [2.45, 2.75) is 38.8 Å². The molecule has 0 amide bonds. The number of nitrogens with zero attached hydrogens (tertiary/aromatic N) is 3. The molecule has 2 aromatic heterocycles. The lowest BCUT2D eigenvalue weighted by Crippen LogP contribution is -2.38. The van der Waals surface area contributed by atoms with Crippen LogP contribution in [0, 0.1) is 0 Å². The number of aryl methyl sites for hydroxylation is 1. The Morgan fingerprint density at radius 3 is 2.54 bits per heavy atom. The third-order valence-corrected chi connectivity index (χ3v) is 8.59. The van der Waals surface area contributed by atoms with E-state index in [2.05, 4.69) is 103 Å². The number of para-hydroxylation sites is 1. The first-order chi connectivity index (χ1) is 18.1. The SMILES string of the molecule is CC(C)n1cc(/C=c2\sc3n(c2=O)[C@H](c2ccccc2)C2=C(N=3)c3ccccc3CC2)c2ccccc21. The van der Waals surface area contributed by atoms with Crippen molar-refractivity contribution in [3.63, 3.8) is 0 Å². The molecule has 5 heteroatoms. The topological polar surface area (TPSA) is 39.3 Å². The molecule has 0 spiro atoms. The van der Waals surface area contributed by atoms with E-state index in [1.807, 2.05) is 10.6 Å². The fraction of sp³-hybridized carbons (Fsp3) is 0.188. The quantitative estimate of drug-likeness (QED) is 0.305. The zero-order valence-corrected chi connectivity index (χ0v) is 21.7. The highest BCUT2D eigenvalue weighted by molar-refractivity contribution is 7.07. The van der Waals surface area contributed by atoms with Crippen molar-refractivity contribution >= 4 is 34.0 Å². The lowest BCUT2D eigenvalue weighted by Gasteiger charge is -2.30. The van der Waals surface area contributed by atoms with Gasteiger partial charge in [0.25, 0.3) is 5.56 Å². The molecular weight excluding hydrogens is 474 g/mol. The van der Waals surface area contributed by atoms with E-state index < -0.39 is 0 Å². The second-order valence-corrected chi connectivity index (χ2v) is 11.1. The summed E-state index contributed by atoms with van der Waals surface area (Å²) in [6.07, 6.45) is 6.10. The van der Waals surface area contributed by atoms with Crippen LogP contribution in [0.2, 0.25) is 0 Å². The van der Waals surface area contributed by atoms with Crippen molar-refractivity contribution in [1.82, 2.24) is 9.13 Å². The van der Waals surface area contributed by atoms with Gasteiger partial charge in [0, 0.05) is 34.3 Å². The molecule has 2 aliphatic rings. The molecule has 0 unspecified atom stereocenters. The molecular formula is C32H27N3OS. The van der Waals surface area contributed by atoms with Gasteiger partial charge in [0.15, 0.2) is 4.80 Å². The minimum atomic E-state index is -0.139. The van der Waals surface area contributed by atoms with E-state index in [-0.39, 0.29) is 11.6 Å². The molecule has 0 radical (unpaired) electrons. The third kappa shape index (κ3) is 3.49. The Bertz CT molecular complexity index is 1890. The third-order valence-electron chi connectivity index (χ3n) is 7.60. The Kier molecular flexibility index (Phi) is 5.15. The number of rotatable bonds is 3. The van der Waals surface area contributed by atoms with Crippen LogP contribution in [-0.4, -0.2) is 9.13 Å². The smallest absolute Gasteiger partial charge is 0.271 e. The molecule has 1 atom stereocenters. The van der Waals surface area contributed by atoms with Gasteiger partial charge in [-0.25, -0.2) is 4.99 Å². The molecule has 0 saturated carbocycles. The molecule has 3 aromatic carbocycles. The fourth-order valence-corrected chi connectivity index (χ4v) is 6.86. The van der Waals surface area contributed by atoms with Crippen LogP contribution in [0.5, 0.6) is 0 Å². The maximum Gasteiger partial charge on any atom is 0.271 e. The number of hydrogen-bond acceptors (Lipinski definition) is 3. The highest BCUT2D eigenvalue weighted by Crippen LogP contribution is 2.41. The van der Waals surface area contributed by atoms with E-state index in [4.69, 9.17) is 4.99 Å². The lowest BCUT2D eigenvalue weighted by atomic mass is 9.83. The number of fused-ring (bicyclic) bond motifs is 4. The van der Waals surface area contributed by atoms with Crippen molar-refractivity contribution in [1.29, 1.82) is 0 Å². The first kappa shape index (κ1) is 22.3. The van der Waals surface area contributed by atoms with E-state index in [1.54, 1.807) is 0 Å². The summed E-state index contributed by atoms with van der Waals surface area (Å²) in [5, 5.41) is 1.16. The molecule has 0 fully saturated rings. The van der Waals surface area contributed by atoms with Gasteiger partial charge in [-0.05, 0) is 55.5 Å². The van der Waals surface area contributed by atoms with Gasteiger partial charge < -0.3 is 4.57 Å². The van der Waals surface area contributed by atoms with Gasteiger partial charge in [-0.15, -0.1) is 0 Å². The van der Waals surface area contributed by atoms with Crippen LogP contribution in [-0.2, 0) is 6.42 Å². The molecule has 1 aliphatic carbocycles. The summed E-state index contributed by atoms with van der Waals surface area (Å²) in [6, 6.07) is 27.6. The molecule has 4 nitrogen and oxygen atoms in total. The molecule has 37 heavy (non-hydrogen) atoms. The van der Waals surface area contributed by atoms with Crippen molar-refractivity contribution in [3.05, 3.63) is 133 Å². The summed E-state index contributed by atoms with van der Waals surface area (Å²) in [5.74, 6) is 0. The number of allylic oxidation sites excluding steroid dienone is 1. The van der Waals surface area contributed by atoms with Gasteiger partial charge >= 0.3 is 0 Å². The predicted octanol–water partition coefficient (Wildman–Crippen LogP) is 5.85. The zero-order valence-electron chi connectivity index (χ0n) is 20.9. The molecule has 7 rings (SSSR count). The van der Waals surface area contributed by atoms with E-state index in [9.17, 15) is 4.79 Å². The van der Waals surface area contributed by atoms with Gasteiger partial charge in [-0.2, -0.15) is 0 Å². The van der Waals surface area contributed by atoms with Crippen molar-refractivity contribution < 1.29 is 0 Å². The minimum absolute atomic E-state index is 0.0318. The van der Waals surface area contributed by atoms with Gasteiger partial charge in [0.05, 0.1) is 16.3 Å². The van der Waals surface area contributed by atoms with Crippen molar-refractivity contribution in [3.8, 4) is 0 Å². The Morgan fingerprint density at radius 2 is 1.70 bits per heavy atom. The van der Waals surface area contributed by atoms with Crippen LogP contribution in [0.15, 0.2) is 100 Å². The van der Waals surface area contributed by atoms with Crippen LogP contribution >= 0.6 is 11.3 Å². The van der Waals surface area contributed by atoms with Gasteiger partial charge in [-0.3, -0.25) is 9.36 Å². The maximum absolute atomic E-state index is 14.1. The molecule has 0 saturated heterocycles. The summed E-state index contributed by atoms with van der Waals surface area (Å²) in [4.78, 5) is 20.0. The van der Waals surface area contributed by atoms with Crippen LogP contribution in [0.1, 0.15) is 54.6 Å². The van der Waals surface area contributed by atoms with Crippen molar-refractivity contribution in [2.24, 2.45) is 4.99 Å². The van der Waals surface area contributed by atoms with E-state index in [0.29, 0.717) is 6.04 Å². The largest absolute Gasteiger partial charge is 0.344 e. The summed E-state index contributed by atoms with van der Waals surface area (Å²) >= 11 is 1.50. The molecule has 3 heterocycles. The minimum Gasteiger partial charge on any atom is -0.344 e. The second kappa shape index (κ2) is 8.56. The van der Waals surface area contributed by atoms with Crippen LogP contribution in [0.3, 0.4) is 0 Å². The van der Waals surface area contributed by atoms with Crippen LogP contribution < -0.4 is 14.9 Å². The lowest BCUT2D eigenvalue weighted by molar-refractivity contribution is 0.585. The number of aromatic nitrogens is 2. The zero-order chi connectivity index (χ0) is 25.1. The highest BCUT2D eigenvalue weighted by atomic mass is 32.1. The average molecular weight is 502 g/mol. The van der Waals surface area contributed by atoms with Crippen LogP contribution in [0.25, 0.3) is 22.7 Å². The van der Waals surface area contributed by atoms with Gasteiger partial charge in [-0.1, -0.05) is 84.1 Å². The molecule has 182 valence electrons. The normalized spacial score (nSPS) is 17.1. The Morgan fingerprint density at radius 1 is 0.946 bits per heavy atom. The Hall–Kier alpha value is -3.96. The summed E-state index contributed by atoms with van der Waals surface area (Å²) in [7, 11) is 0. The number of hydrogen-bond donors (Lipinski definition) is 0. The van der Waals surface area contributed by atoms with E-state index >= 15 is 0 Å². The Balaban J connectivity index is 1.49. The van der Waals surface area contributed by atoms with Crippen LogP contribution in [0.4, 0.5) is 0 Å². The van der Waals surface area contributed by atoms with Gasteiger partial charge in [0.1, 0.15) is 0 Å². The number of thiazole rings is 1. The first-order valence-electron chi connectivity index (χ1n) is 12.9. The second-order valence-electron chi connectivity index (χ2n) is 10.1. The molecule has 0 bridgehead atoms. The predicted molar refractivity (Wildman–Crippen MR) is 152 cm³/mol. The maximum atomic E-state index is 14.1. The molecule has 0 N–H and O–H groups in total. The van der Waals surface area contributed by atoms with Crippen molar-refractivity contribution in [2.75, 3.05) is 0 Å². The summed E-state index contributed by atoms with van der Waals surface area (Å²) in [5.41, 5.74) is 8.23. The monoisotopic (exact) mass is 501 g/mol. The first-order valence-corrected chi connectivity index (χ1v) is 13.7. The summed E-state index contributed by atoms with van der Waals surface area (Å²) in [6.45, 7) is 4.37. The Labute approximate surface area is 219 Å². The molecule has 1 aliphatic heterocycles. The average Bonchev–Trinajstić information content (AvgIpc) is 3.45. The fourth-order valence-electron chi connectivity index (χ4n) is 5.87. The molecule has 5 aromatic rings. The van der Waals surface area contributed by atoms with Gasteiger partial charge in [0.2, 0.25) is 0 Å². The van der Waals surface area contributed by atoms with E-state index in [1.165, 1.54) is 33.6 Å². The highest BCUT2D eigenvalue weighted by Gasteiger charge is 2.32. The number of benzene rings is 3.